The molecule has 1 saturated carbocycles. The first-order valence-electron chi connectivity index (χ1n) is 7.12. The van der Waals surface area contributed by atoms with Crippen molar-refractivity contribution < 1.29 is 14.4 Å². The van der Waals surface area contributed by atoms with Gasteiger partial charge >= 0.3 is 0 Å². The van der Waals surface area contributed by atoms with Gasteiger partial charge in [-0.05, 0) is 51.4 Å². The van der Waals surface area contributed by atoms with Crippen molar-refractivity contribution in [3.63, 3.8) is 0 Å². The predicted molar refractivity (Wildman–Crippen MR) is 71.2 cm³/mol. The van der Waals surface area contributed by atoms with Crippen molar-refractivity contribution >= 4 is 17.6 Å². The maximum atomic E-state index is 11.4. The molecule has 1 fully saturated rings. The van der Waals surface area contributed by atoms with Crippen LogP contribution in [-0.2, 0) is 14.4 Å². The highest BCUT2D eigenvalue weighted by atomic mass is 16.2. The predicted octanol–water partition coefficient (Wildman–Crippen LogP) is 2.09. The Bertz CT molecular complexity index is 388. The van der Waals surface area contributed by atoms with Crippen molar-refractivity contribution in [3.8, 4) is 0 Å². The summed E-state index contributed by atoms with van der Waals surface area (Å²) in [6.07, 6.45) is 8.79. The number of Topliss-reactive ketones (excluding diaryl/α,β-unsaturated/α-hetero) is 1. The first-order chi connectivity index (χ1) is 9.08. The maximum Gasteiger partial charge on any atom is 0.253 e. The van der Waals surface area contributed by atoms with E-state index < -0.39 is 0 Å². The van der Waals surface area contributed by atoms with Crippen molar-refractivity contribution in [1.29, 1.82) is 0 Å². The minimum Gasteiger partial charge on any atom is -0.300 e. The van der Waals surface area contributed by atoms with Gasteiger partial charge in [-0.25, -0.2) is 0 Å². The van der Waals surface area contributed by atoms with Crippen LogP contribution in [0.1, 0.15) is 45.4 Å². The molecule has 2 rings (SSSR count). The number of carbonyl (C=O) groups excluding carboxylic acids is 3. The second-order valence-electron chi connectivity index (χ2n) is 5.63. The minimum absolute atomic E-state index is 0.190. The van der Waals surface area contributed by atoms with Crippen LogP contribution >= 0.6 is 0 Å². The first kappa shape index (κ1) is 14.0. The standard InChI is InChI=1S/C15H21NO3/c1-11(17)13-6-4-12(5-7-13)3-2-10-16-14(18)8-9-15(16)19/h8-9,12-13H,2-7,10H2,1H3. The molecule has 0 aromatic carbocycles. The summed E-state index contributed by atoms with van der Waals surface area (Å²) in [5.41, 5.74) is 0. The number of hydrogen-bond acceptors (Lipinski definition) is 3. The van der Waals surface area contributed by atoms with E-state index in [1.165, 1.54) is 17.1 Å². The summed E-state index contributed by atoms with van der Waals surface area (Å²) in [5.74, 6) is 0.854. The van der Waals surface area contributed by atoms with E-state index in [2.05, 4.69) is 0 Å². The van der Waals surface area contributed by atoms with Gasteiger partial charge in [-0.2, -0.15) is 0 Å². The molecule has 0 bridgehead atoms. The maximum absolute atomic E-state index is 11.4. The Labute approximate surface area is 113 Å². The van der Waals surface area contributed by atoms with Gasteiger partial charge in [0.2, 0.25) is 0 Å². The van der Waals surface area contributed by atoms with Crippen molar-refractivity contribution in [3.05, 3.63) is 12.2 Å². The molecule has 4 heteroatoms. The van der Waals surface area contributed by atoms with Gasteiger partial charge in [0.05, 0.1) is 0 Å². The van der Waals surface area contributed by atoms with E-state index in [1.807, 2.05) is 0 Å². The summed E-state index contributed by atoms with van der Waals surface area (Å²) in [6.45, 7) is 2.21. The number of carbonyl (C=O) groups is 3. The van der Waals surface area contributed by atoms with E-state index in [0.717, 1.165) is 38.5 Å². The van der Waals surface area contributed by atoms with Crippen LogP contribution < -0.4 is 0 Å². The van der Waals surface area contributed by atoms with Gasteiger partial charge in [-0.1, -0.05) is 0 Å². The van der Waals surface area contributed by atoms with Crippen molar-refractivity contribution in [2.45, 2.75) is 45.4 Å². The Morgan fingerprint density at radius 2 is 1.74 bits per heavy atom. The van der Waals surface area contributed by atoms with E-state index in [1.54, 1.807) is 6.92 Å². The van der Waals surface area contributed by atoms with Crippen LogP contribution in [0.25, 0.3) is 0 Å². The SMILES string of the molecule is CC(=O)C1CCC(CCCN2C(=O)C=CC2=O)CC1. The van der Waals surface area contributed by atoms with Crippen LogP contribution in [0.15, 0.2) is 12.2 Å². The quantitative estimate of drug-likeness (QED) is 0.714. The van der Waals surface area contributed by atoms with Crippen LogP contribution in [0, 0.1) is 11.8 Å². The van der Waals surface area contributed by atoms with Crippen LogP contribution in [-0.4, -0.2) is 29.0 Å². The molecule has 104 valence electrons. The minimum atomic E-state index is -0.190. The molecular weight excluding hydrogens is 242 g/mol. The molecule has 4 nitrogen and oxygen atoms in total. The highest BCUT2D eigenvalue weighted by Gasteiger charge is 2.25. The van der Waals surface area contributed by atoms with Gasteiger partial charge in [-0.15, -0.1) is 0 Å². The Balaban J connectivity index is 1.66. The number of rotatable bonds is 5. The van der Waals surface area contributed by atoms with E-state index in [0.29, 0.717) is 18.2 Å². The van der Waals surface area contributed by atoms with Crippen LogP contribution in [0.4, 0.5) is 0 Å². The fourth-order valence-electron chi connectivity index (χ4n) is 3.05. The zero-order valence-corrected chi connectivity index (χ0v) is 11.4. The lowest BCUT2D eigenvalue weighted by Gasteiger charge is -2.27. The highest BCUT2D eigenvalue weighted by molar-refractivity contribution is 6.12. The molecule has 0 atom stereocenters. The Kier molecular flexibility index (Phi) is 4.51. The number of nitrogens with zero attached hydrogens (tertiary/aromatic N) is 1. The second kappa shape index (κ2) is 6.13. The molecule has 1 aliphatic heterocycles. The molecular formula is C15H21NO3. The molecule has 0 unspecified atom stereocenters. The summed E-state index contributed by atoms with van der Waals surface area (Å²) in [7, 11) is 0. The molecule has 2 amide bonds. The average Bonchev–Trinajstić information content (AvgIpc) is 2.71. The Hall–Kier alpha value is -1.45. The summed E-state index contributed by atoms with van der Waals surface area (Å²) < 4.78 is 0. The Morgan fingerprint density at radius 3 is 2.26 bits per heavy atom. The second-order valence-corrected chi connectivity index (χ2v) is 5.63. The third-order valence-electron chi connectivity index (χ3n) is 4.32. The van der Waals surface area contributed by atoms with Gasteiger partial charge < -0.3 is 0 Å². The number of ketones is 1. The third kappa shape index (κ3) is 3.52. The lowest BCUT2D eigenvalue weighted by Crippen LogP contribution is -2.31. The van der Waals surface area contributed by atoms with Crippen molar-refractivity contribution in [2.24, 2.45) is 11.8 Å². The summed E-state index contributed by atoms with van der Waals surface area (Å²) >= 11 is 0. The van der Waals surface area contributed by atoms with E-state index in [-0.39, 0.29) is 17.7 Å². The Morgan fingerprint density at radius 1 is 1.16 bits per heavy atom. The van der Waals surface area contributed by atoms with Crippen molar-refractivity contribution in [1.82, 2.24) is 4.90 Å². The highest BCUT2D eigenvalue weighted by Crippen LogP contribution is 2.32. The van der Waals surface area contributed by atoms with Crippen LogP contribution in [0.5, 0.6) is 0 Å². The molecule has 1 heterocycles. The van der Waals surface area contributed by atoms with Gasteiger partial charge in [0.1, 0.15) is 5.78 Å². The summed E-state index contributed by atoms with van der Waals surface area (Å²) in [4.78, 5) is 35.3. The van der Waals surface area contributed by atoms with E-state index in [4.69, 9.17) is 0 Å². The zero-order chi connectivity index (χ0) is 13.8. The molecule has 19 heavy (non-hydrogen) atoms. The summed E-state index contributed by atoms with van der Waals surface area (Å²) in [5, 5.41) is 0. The lowest BCUT2D eigenvalue weighted by molar-refractivity contribution is -0.137. The molecule has 0 aromatic rings. The lowest BCUT2D eigenvalue weighted by atomic mass is 9.78. The van der Waals surface area contributed by atoms with Crippen LogP contribution in [0.3, 0.4) is 0 Å². The normalized spacial score (nSPS) is 27.1. The van der Waals surface area contributed by atoms with Gasteiger partial charge in [0, 0.05) is 24.6 Å². The van der Waals surface area contributed by atoms with E-state index >= 15 is 0 Å². The fraction of sp³-hybridized carbons (Fsp3) is 0.667. The zero-order valence-electron chi connectivity index (χ0n) is 11.4. The molecule has 0 radical (unpaired) electrons. The number of amides is 2. The topological polar surface area (TPSA) is 54.5 Å². The molecule has 0 saturated heterocycles. The molecule has 0 N–H and O–H groups in total. The smallest absolute Gasteiger partial charge is 0.253 e. The summed E-state index contributed by atoms with van der Waals surface area (Å²) in [6, 6.07) is 0. The molecule has 0 aromatic heterocycles. The third-order valence-corrected chi connectivity index (χ3v) is 4.32. The monoisotopic (exact) mass is 263 g/mol. The first-order valence-corrected chi connectivity index (χ1v) is 7.12. The van der Waals surface area contributed by atoms with Gasteiger partial charge in [-0.3, -0.25) is 19.3 Å². The van der Waals surface area contributed by atoms with Gasteiger partial charge in [0.25, 0.3) is 11.8 Å². The van der Waals surface area contributed by atoms with Crippen molar-refractivity contribution in [2.75, 3.05) is 6.54 Å². The van der Waals surface area contributed by atoms with Gasteiger partial charge in [0.15, 0.2) is 0 Å². The molecule has 2 aliphatic rings. The average molecular weight is 263 g/mol. The largest absolute Gasteiger partial charge is 0.300 e. The van der Waals surface area contributed by atoms with E-state index in [9.17, 15) is 14.4 Å². The molecule has 0 spiro atoms. The molecule has 1 aliphatic carbocycles. The number of imide groups is 1. The fourth-order valence-corrected chi connectivity index (χ4v) is 3.05. The van der Waals surface area contributed by atoms with Crippen LogP contribution in [0.2, 0.25) is 0 Å². The number of hydrogen-bond donors (Lipinski definition) is 0.